The number of hydrogen-bond donors (Lipinski definition) is 1. The lowest BCUT2D eigenvalue weighted by atomic mass is 10.2. The zero-order valence-electron chi connectivity index (χ0n) is 11.7. The molecule has 0 aromatic heterocycles. The van der Waals surface area contributed by atoms with Crippen LogP contribution in [0.4, 0.5) is 0 Å². The molecule has 5 heteroatoms. The van der Waals surface area contributed by atoms with E-state index in [0.29, 0.717) is 19.6 Å². The average Bonchev–Trinajstić information content (AvgIpc) is 2.93. The highest BCUT2D eigenvalue weighted by Gasteiger charge is 2.26. The fourth-order valence-electron chi connectivity index (χ4n) is 2.48. The summed E-state index contributed by atoms with van der Waals surface area (Å²) in [5, 5.41) is 0. The van der Waals surface area contributed by atoms with Gasteiger partial charge in [0.15, 0.2) is 0 Å². The molecule has 1 atom stereocenters. The van der Waals surface area contributed by atoms with Crippen molar-refractivity contribution in [2.45, 2.75) is 31.7 Å². The van der Waals surface area contributed by atoms with E-state index in [2.05, 4.69) is 0 Å². The zero-order chi connectivity index (χ0) is 13.5. The van der Waals surface area contributed by atoms with Crippen molar-refractivity contribution in [3.63, 3.8) is 0 Å². The van der Waals surface area contributed by atoms with Gasteiger partial charge in [-0.3, -0.25) is 4.79 Å². The van der Waals surface area contributed by atoms with E-state index in [1.54, 1.807) is 0 Å². The second kappa shape index (κ2) is 8.82. The number of nitrogens with two attached hydrogens (primary N) is 1. The van der Waals surface area contributed by atoms with Crippen LogP contribution >= 0.6 is 12.4 Å². The maximum Gasteiger partial charge on any atom is 0.222 e. The van der Waals surface area contributed by atoms with Crippen molar-refractivity contribution in [1.82, 2.24) is 4.90 Å². The van der Waals surface area contributed by atoms with Gasteiger partial charge in [-0.15, -0.1) is 12.4 Å². The van der Waals surface area contributed by atoms with Gasteiger partial charge in [-0.05, 0) is 31.4 Å². The Bertz CT molecular complexity index is 400. The monoisotopic (exact) mass is 298 g/mol. The van der Waals surface area contributed by atoms with E-state index in [1.807, 2.05) is 35.2 Å². The van der Waals surface area contributed by atoms with Crippen molar-refractivity contribution in [1.29, 1.82) is 0 Å². The van der Waals surface area contributed by atoms with Crippen LogP contribution in [-0.2, 0) is 4.79 Å². The molecule has 1 aromatic rings. The Morgan fingerprint density at radius 1 is 1.35 bits per heavy atom. The Morgan fingerprint density at radius 3 is 2.80 bits per heavy atom. The third-order valence-corrected chi connectivity index (χ3v) is 3.52. The number of ether oxygens (including phenoxy) is 1. The first-order valence-electron chi connectivity index (χ1n) is 6.98. The molecule has 1 aliphatic heterocycles. The smallest absolute Gasteiger partial charge is 0.222 e. The van der Waals surface area contributed by atoms with Crippen LogP contribution in [0.5, 0.6) is 5.75 Å². The van der Waals surface area contributed by atoms with Gasteiger partial charge in [-0.25, -0.2) is 0 Å². The molecule has 0 spiro atoms. The molecule has 2 rings (SSSR count). The van der Waals surface area contributed by atoms with Gasteiger partial charge in [-0.1, -0.05) is 18.2 Å². The third-order valence-electron chi connectivity index (χ3n) is 3.52. The molecule has 0 radical (unpaired) electrons. The van der Waals surface area contributed by atoms with E-state index in [4.69, 9.17) is 10.5 Å². The minimum atomic E-state index is 0. The summed E-state index contributed by atoms with van der Waals surface area (Å²) in [4.78, 5) is 14.0. The number of carbonyl (C=O) groups excluding carboxylic acids is 1. The molecule has 1 aromatic carbocycles. The van der Waals surface area contributed by atoms with Crippen LogP contribution in [0, 0.1) is 0 Å². The predicted octanol–water partition coefficient (Wildman–Crippen LogP) is 2.22. The van der Waals surface area contributed by atoms with Gasteiger partial charge < -0.3 is 15.4 Å². The number of rotatable bonds is 6. The highest BCUT2D eigenvalue weighted by atomic mass is 35.5. The van der Waals surface area contributed by atoms with Crippen molar-refractivity contribution in [3.8, 4) is 5.75 Å². The lowest BCUT2D eigenvalue weighted by molar-refractivity contribution is -0.132. The molecule has 1 saturated heterocycles. The van der Waals surface area contributed by atoms with Crippen LogP contribution in [0.25, 0.3) is 0 Å². The molecule has 0 saturated carbocycles. The molecule has 1 heterocycles. The molecule has 20 heavy (non-hydrogen) atoms. The summed E-state index contributed by atoms with van der Waals surface area (Å²) in [5.74, 6) is 1.07. The van der Waals surface area contributed by atoms with E-state index in [-0.39, 0.29) is 24.4 Å². The van der Waals surface area contributed by atoms with Crippen molar-refractivity contribution < 1.29 is 9.53 Å². The summed E-state index contributed by atoms with van der Waals surface area (Å²) in [7, 11) is 0. The van der Waals surface area contributed by atoms with E-state index >= 15 is 0 Å². The molecule has 1 unspecified atom stereocenters. The fraction of sp³-hybridized carbons (Fsp3) is 0.533. The van der Waals surface area contributed by atoms with Crippen LogP contribution in [0.3, 0.4) is 0 Å². The van der Waals surface area contributed by atoms with Crippen molar-refractivity contribution in [2.24, 2.45) is 5.73 Å². The summed E-state index contributed by atoms with van der Waals surface area (Å²) >= 11 is 0. The van der Waals surface area contributed by atoms with Crippen molar-refractivity contribution >= 4 is 18.3 Å². The van der Waals surface area contributed by atoms with E-state index in [0.717, 1.165) is 31.6 Å². The molecule has 1 amide bonds. The highest BCUT2D eigenvalue weighted by Crippen LogP contribution is 2.17. The number of carbonyl (C=O) groups is 1. The quantitative estimate of drug-likeness (QED) is 0.819. The lowest BCUT2D eigenvalue weighted by Gasteiger charge is -2.23. The fourth-order valence-corrected chi connectivity index (χ4v) is 2.48. The Balaban J connectivity index is 0.00000200. The molecule has 1 aliphatic rings. The Kier molecular flexibility index (Phi) is 7.41. The van der Waals surface area contributed by atoms with E-state index < -0.39 is 0 Å². The molecule has 2 N–H and O–H groups in total. The maximum atomic E-state index is 12.0. The Labute approximate surface area is 126 Å². The number of nitrogens with zero attached hydrogens (tertiary/aromatic N) is 1. The summed E-state index contributed by atoms with van der Waals surface area (Å²) in [6, 6.07) is 9.94. The number of amides is 1. The van der Waals surface area contributed by atoms with Crippen molar-refractivity contribution in [2.75, 3.05) is 19.7 Å². The number of hydrogen-bond acceptors (Lipinski definition) is 3. The number of benzene rings is 1. The molecular formula is C15H23ClN2O2. The number of halogens is 1. The topological polar surface area (TPSA) is 55.6 Å². The van der Waals surface area contributed by atoms with Gasteiger partial charge in [0, 0.05) is 25.6 Å². The lowest BCUT2D eigenvalue weighted by Crippen LogP contribution is -2.39. The SMILES string of the molecule is Cl.NCC1CCCN1C(=O)CCCOc1ccccc1. The number of likely N-dealkylation sites (tertiary alicyclic amines) is 1. The van der Waals surface area contributed by atoms with Gasteiger partial charge >= 0.3 is 0 Å². The summed E-state index contributed by atoms with van der Waals surface area (Å²) in [5.41, 5.74) is 5.67. The average molecular weight is 299 g/mol. The second-order valence-electron chi connectivity index (χ2n) is 4.88. The van der Waals surface area contributed by atoms with Gasteiger partial charge in [0.25, 0.3) is 0 Å². The molecule has 1 fully saturated rings. The first-order chi connectivity index (χ1) is 9.31. The van der Waals surface area contributed by atoms with Crippen LogP contribution in [0.15, 0.2) is 30.3 Å². The first kappa shape index (κ1) is 16.8. The van der Waals surface area contributed by atoms with Gasteiger partial charge in [0.2, 0.25) is 5.91 Å². The minimum Gasteiger partial charge on any atom is -0.494 e. The maximum absolute atomic E-state index is 12.0. The summed E-state index contributed by atoms with van der Waals surface area (Å²) in [6.07, 6.45) is 3.42. The van der Waals surface area contributed by atoms with E-state index in [9.17, 15) is 4.79 Å². The molecular weight excluding hydrogens is 276 g/mol. The standard InChI is InChI=1S/C15H22N2O2.ClH/c16-12-13-6-4-10-17(13)15(18)9-5-11-19-14-7-2-1-3-8-14;/h1-3,7-8,13H,4-6,9-12,16H2;1H. The molecule has 112 valence electrons. The number of para-hydroxylation sites is 1. The highest BCUT2D eigenvalue weighted by molar-refractivity contribution is 5.85. The van der Waals surface area contributed by atoms with Gasteiger partial charge in [0.1, 0.15) is 5.75 Å². The first-order valence-corrected chi connectivity index (χ1v) is 6.98. The van der Waals surface area contributed by atoms with Crippen molar-refractivity contribution in [3.05, 3.63) is 30.3 Å². The van der Waals surface area contributed by atoms with Gasteiger partial charge in [-0.2, -0.15) is 0 Å². The Morgan fingerprint density at radius 2 is 2.10 bits per heavy atom. The molecule has 0 bridgehead atoms. The predicted molar refractivity (Wildman–Crippen MR) is 82.2 cm³/mol. The minimum absolute atomic E-state index is 0. The van der Waals surface area contributed by atoms with Gasteiger partial charge in [0.05, 0.1) is 6.61 Å². The van der Waals surface area contributed by atoms with Crippen LogP contribution < -0.4 is 10.5 Å². The summed E-state index contributed by atoms with van der Waals surface area (Å²) < 4.78 is 5.58. The van der Waals surface area contributed by atoms with Crippen LogP contribution in [0.2, 0.25) is 0 Å². The Hall–Kier alpha value is -1.26. The van der Waals surface area contributed by atoms with Crippen LogP contribution in [-0.4, -0.2) is 36.5 Å². The molecule has 0 aliphatic carbocycles. The second-order valence-corrected chi connectivity index (χ2v) is 4.88. The molecule has 4 nitrogen and oxygen atoms in total. The van der Waals surface area contributed by atoms with E-state index in [1.165, 1.54) is 0 Å². The third kappa shape index (κ3) is 4.69. The normalized spacial score (nSPS) is 17.6. The zero-order valence-corrected chi connectivity index (χ0v) is 12.5. The van der Waals surface area contributed by atoms with Crippen LogP contribution in [0.1, 0.15) is 25.7 Å². The largest absolute Gasteiger partial charge is 0.494 e. The summed E-state index contributed by atoms with van der Waals surface area (Å²) in [6.45, 7) is 2.02.